The Bertz CT molecular complexity index is 308. The molecule has 0 heterocycles. The van der Waals surface area contributed by atoms with Crippen molar-refractivity contribution in [2.24, 2.45) is 0 Å². The molecule has 3 nitrogen and oxygen atoms in total. The van der Waals surface area contributed by atoms with Crippen LogP contribution in [0.5, 0.6) is 5.75 Å². The molecule has 1 rings (SSSR count). The summed E-state index contributed by atoms with van der Waals surface area (Å²) in [6.07, 6.45) is -0.316. The van der Waals surface area contributed by atoms with Crippen molar-refractivity contribution in [1.82, 2.24) is 4.90 Å². The fraction of sp³-hybridized carbons (Fsp3) is 0.538. The number of aliphatic hydroxyl groups excluding tert-OH is 1. The van der Waals surface area contributed by atoms with Crippen molar-refractivity contribution in [3.8, 4) is 5.75 Å². The van der Waals surface area contributed by atoms with E-state index in [2.05, 4.69) is 4.90 Å². The molecule has 0 aliphatic carbocycles. The van der Waals surface area contributed by atoms with Gasteiger partial charge in [-0.2, -0.15) is 0 Å². The van der Waals surface area contributed by atoms with Crippen molar-refractivity contribution in [3.05, 3.63) is 29.8 Å². The summed E-state index contributed by atoms with van der Waals surface area (Å²) in [5.41, 5.74) is 1.22. The van der Waals surface area contributed by atoms with Gasteiger partial charge in [0.25, 0.3) is 0 Å². The summed E-state index contributed by atoms with van der Waals surface area (Å²) in [6.45, 7) is 4.67. The molecular formula is C13H21NO2. The van der Waals surface area contributed by atoms with Crippen LogP contribution in [0.15, 0.2) is 24.3 Å². The van der Waals surface area contributed by atoms with Crippen molar-refractivity contribution < 1.29 is 9.84 Å². The van der Waals surface area contributed by atoms with Crippen molar-refractivity contribution >= 4 is 0 Å². The number of nitrogens with zero attached hydrogens (tertiary/aromatic N) is 1. The molecule has 16 heavy (non-hydrogen) atoms. The Morgan fingerprint density at radius 2 is 1.81 bits per heavy atom. The first-order valence-electron chi connectivity index (χ1n) is 5.56. The van der Waals surface area contributed by atoms with Gasteiger partial charge in [-0.25, -0.2) is 0 Å². The Morgan fingerprint density at radius 1 is 1.25 bits per heavy atom. The highest BCUT2D eigenvalue weighted by Crippen LogP contribution is 2.14. The van der Waals surface area contributed by atoms with Crippen molar-refractivity contribution in [2.75, 3.05) is 14.2 Å². The quantitative estimate of drug-likeness (QED) is 0.827. The maximum Gasteiger partial charge on any atom is 0.118 e. The molecule has 2 atom stereocenters. The molecule has 0 saturated carbocycles. The summed E-state index contributed by atoms with van der Waals surface area (Å²) >= 11 is 0. The van der Waals surface area contributed by atoms with Crippen LogP contribution in [0.25, 0.3) is 0 Å². The summed E-state index contributed by atoms with van der Waals surface area (Å²) in [6, 6.07) is 8.16. The van der Waals surface area contributed by atoms with Gasteiger partial charge >= 0.3 is 0 Å². The monoisotopic (exact) mass is 223 g/mol. The number of ether oxygens (including phenoxy) is 1. The minimum absolute atomic E-state index is 0.155. The van der Waals surface area contributed by atoms with Crippen LogP contribution < -0.4 is 4.74 Å². The standard InChI is InChI=1S/C13H21NO2/c1-10(11(2)15)14(3)9-12-5-7-13(16-4)8-6-12/h5-8,10-11,15H,9H2,1-4H3. The van der Waals surface area contributed by atoms with E-state index in [1.54, 1.807) is 7.11 Å². The summed E-state index contributed by atoms with van der Waals surface area (Å²) in [4.78, 5) is 2.13. The van der Waals surface area contributed by atoms with Gasteiger partial charge in [0.2, 0.25) is 0 Å². The number of hydrogen-bond donors (Lipinski definition) is 1. The summed E-state index contributed by atoms with van der Waals surface area (Å²) in [7, 11) is 3.68. The second-order valence-electron chi connectivity index (χ2n) is 4.24. The number of benzene rings is 1. The Labute approximate surface area is 97.7 Å². The maximum atomic E-state index is 9.49. The fourth-order valence-corrected chi connectivity index (χ4v) is 1.53. The van der Waals surface area contributed by atoms with Crippen LogP contribution in [-0.4, -0.2) is 36.3 Å². The van der Waals surface area contributed by atoms with Crippen LogP contribution in [-0.2, 0) is 6.54 Å². The number of hydrogen-bond acceptors (Lipinski definition) is 3. The lowest BCUT2D eigenvalue weighted by Gasteiger charge is -2.26. The molecule has 2 unspecified atom stereocenters. The first-order valence-corrected chi connectivity index (χ1v) is 5.56. The second-order valence-corrected chi connectivity index (χ2v) is 4.24. The lowest BCUT2D eigenvalue weighted by molar-refractivity contribution is 0.0828. The van der Waals surface area contributed by atoms with Gasteiger partial charge in [-0.3, -0.25) is 4.90 Å². The van der Waals surface area contributed by atoms with Crippen LogP contribution in [0.2, 0.25) is 0 Å². The van der Waals surface area contributed by atoms with Crippen LogP contribution in [0.3, 0.4) is 0 Å². The third-order valence-electron chi connectivity index (χ3n) is 2.98. The van der Waals surface area contributed by atoms with E-state index in [-0.39, 0.29) is 12.1 Å². The molecule has 0 spiro atoms. The Kier molecular flexibility index (Phi) is 4.77. The maximum absolute atomic E-state index is 9.49. The molecule has 1 aromatic carbocycles. The Hall–Kier alpha value is -1.06. The first kappa shape index (κ1) is 13.0. The summed E-state index contributed by atoms with van der Waals surface area (Å²) in [5, 5.41) is 9.49. The highest BCUT2D eigenvalue weighted by molar-refractivity contribution is 5.27. The zero-order chi connectivity index (χ0) is 12.1. The Morgan fingerprint density at radius 3 is 2.25 bits per heavy atom. The third-order valence-corrected chi connectivity index (χ3v) is 2.98. The van der Waals surface area contributed by atoms with Gasteiger partial charge in [-0.1, -0.05) is 12.1 Å². The molecule has 0 bridgehead atoms. The molecule has 0 aliphatic rings. The van der Waals surface area contributed by atoms with E-state index in [0.717, 1.165) is 12.3 Å². The molecule has 0 saturated heterocycles. The minimum atomic E-state index is -0.316. The van der Waals surface area contributed by atoms with Gasteiger partial charge in [-0.15, -0.1) is 0 Å². The molecule has 0 aromatic heterocycles. The average molecular weight is 223 g/mol. The highest BCUT2D eigenvalue weighted by atomic mass is 16.5. The van der Waals surface area contributed by atoms with E-state index in [1.807, 2.05) is 45.2 Å². The molecule has 0 radical (unpaired) electrons. The number of methoxy groups -OCH3 is 1. The lowest BCUT2D eigenvalue weighted by Crippen LogP contribution is -2.36. The predicted molar refractivity (Wildman–Crippen MR) is 65.6 cm³/mol. The fourth-order valence-electron chi connectivity index (χ4n) is 1.53. The predicted octanol–water partition coefficient (Wildman–Crippen LogP) is 1.90. The summed E-state index contributed by atoms with van der Waals surface area (Å²) in [5.74, 6) is 0.870. The van der Waals surface area contributed by atoms with E-state index in [4.69, 9.17) is 4.74 Å². The topological polar surface area (TPSA) is 32.7 Å². The molecule has 3 heteroatoms. The van der Waals surface area contributed by atoms with Crippen molar-refractivity contribution in [2.45, 2.75) is 32.5 Å². The summed E-state index contributed by atoms with van der Waals surface area (Å²) < 4.78 is 5.11. The molecular weight excluding hydrogens is 202 g/mol. The Balaban J connectivity index is 2.59. The molecule has 0 aliphatic heterocycles. The van der Waals surface area contributed by atoms with E-state index >= 15 is 0 Å². The van der Waals surface area contributed by atoms with Crippen LogP contribution >= 0.6 is 0 Å². The molecule has 0 fully saturated rings. The second kappa shape index (κ2) is 5.87. The van der Waals surface area contributed by atoms with Gasteiger partial charge in [0.1, 0.15) is 5.75 Å². The van der Waals surface area contributed by atoms with Crippen LogP contribution in [0.1, 0.15) is 19.4 Å². The molecule has 0 amide bonds. The minimum Gasteiger partial charge on any atom is -0.497 e. The average Bonchev–Trinajstić information content (AvgIpc) is 2.28. The van der Waals surface area contributed by atoms with Crippen molar-refractivity contribution in [1.29, 1.82) is 0 Å². The first-order chi connectivity index (χ1) is 7.54. The molecule has 1 aromatic rings. The van der Waals surface area contributed by atoms with Gasteiger partial charge in [0.05, 0.1) is 13.2 Å². The van der Waals surface area contributed by atoms with Crippen LogP contribution in [0, 0.1) is 0 Å². The largest absolute Gasteiger partial charge is 0.497 e. The van der Waals surface area contributed by atoms with E-state index in [9.17, 15) is 5.11 Å². The molecule has 1 N–H and O–H groups in total. The third kappa shape index (κ3) is 3.51. The van der Waals surface area contributed by atoms with E-state index < -0.39 is 0 Å². The zero-order valence-corrected chi connectivity index (χ0v) is 10.5. The van der Waals surface area contributed by atoms with Crippen molar-refractivity contribution in [3.63, 3.8) is 0 Å². The van der Waals surface area contributed by atoms with E-state index in [0.29, 0.717) is 0 Å². The zero-order valence-electron chi connectivity index (χ0n) is 10.5. The number of rotatable bonds is 5. The number of likely N-dealkylation sites (N-methyl/N-ethyl adjacent to an activating group) is 1. The van der Waals surface area contributed by atoms with Gasteiger partial charge in [-0.05, 0) is 38.6 Å². The SMILES string of the molecule is COc1ccc(CN(C)C(C)C(C)O)cc1. The highest BCUT2D eigenvalue weighted by Gasteiger charge is 2.14. The van der Waals surface area contributed by atoms with Gasteiger partial charge in [0.15, 0.2) is 0 Å². The smallest absolute Gasteiger partial charge is 0.118 e. The van der Waals surface area contributed by atoms with Gasteiger partial charge in [0, 0.05) is 12.6 Å². The molecule has 90 valence electrons. The van der Waals surface area contributed by atoms with Crippen LogP contribution in [0.4, 0.5) is 0 Å². The lowest BCUT2D eigenvalue weighted by atomic mass is 10.1. The van der Waals surface area contributed by atoms with Gasteiger partial charge < -0.3 is 9.84 Å². The number of aliphatic hydroxyl groups is 1. The normalized spacial score (nSPS) is 14.9. The van der Waals surface area contributed by atoms with E-state index in [1.165, 1.54) is 5.56 Å².